The first-order chi connectivity index (χ1) is 16.8. The summed E-state index contributed by atoms with van der Waals surface area (Å²) in [6, 6.07) is 3.03. The molecular formula is C25H26N2O9. The molecule has 3 aliphatic carbocycles. The fraction of sp³-hybridized carbons (Fsp3) is 0.400. The van der Waals surface area contributed by atoms with Crippen LogP contribution in [0.15, 0.2) is 34.8 Å². The number of nitrogens with one attached hydrogen (secondary N) is 1. The second-order valence-corrected chi connectivity index (χ2v) is 9.48. The van der Waals surface area contributed by atoms with E-state index in [1.165, 1.54) is 6.07 Å². The van der Waals surface area contributed by atoms with Crippen LogP contribution in [0.1, 0.15) is 42.6 Å². The van der Waals surface area contributed by atoms with Crippen molar-refractivity contribution in [3.8, 4) is 5.75 Å². The van der Waals surface area contributed by atoms with Gasteiger partial charge in [-0.3, -0.25) is 29.3 Å². The van der Waals surface area contributed by atoms with E-state index in [9.17, 15) is 39.3 Å². The Balaban J connectivity index is 1.99. The summed E-state index contributed by atoms with van der Waals surface area (Å²) in [7, 11) is 3.56. The van der Waals surface area contributed by atoms with Gasteiger partial charge in [0.05, 0.1) is 5.56 Å². The van der Waals surface area contributed by atoms with Crippen molar-refractivity contribution >= 4 is 35.0 Å². The average molecular weight is 498 g/mol. The number of rotatable bonds is 3. The molecule has 0 unspecified atom stereocenters. The maximum atomic E-state index is 13.8. The highest BCUT2D eigenvalue weighted by molar-refractivity contribution is 6.23. The number of allylic oxidation sites excluding steroid dienone is 1. The number of carbonyl (C=O) groups excluding carboxylic acids is 5. The van der Waals surface area contributed by atoms with Crippen molar-refractivity contribution in [2.45, 2.75) is 38.7 Å². The van der Waals surface area contributed by atoms with Crippen LogP contribution in [0, 0.1) is 11.8 Å². The van der Waals surface area contributed by atoms with Crippen LogP contribution in [0.3, 0.4) is 0 Å². The predicted octanol–water partition coefficient (Wildman–Crippen LogP) is 0.829. The maximum absolute atomic E-state index is 13.8. The van der Waals surface area contributed by atoms with Crippen LogP contribution < -0.4 is 10.2 Å². The number of hydrogen-bond acceptors (Lipinski definition) is 10. The molecule has 4 N–H and O–H groups in total. The molecule has 0 spiro atoms. The second kappa shape index (κ2) is 8.59. The van der Waals surface area contributed by atoms with E-state index in [2.05, 4.69) is 0 Å². The fourth-order valence-corrected chi connectivity index (χ4v) is 5.48. The van der Waals surface area contributed by atoms with E-state index in [0.717, 1.165) is 13.8 Å². The van der Waals surface area contributed by atoms with Gasteiger partial charge in [-0.15, -0.1) is 0 Å². The van der Waals surface area contributed by atoms with Crippen LogP contribution in [0.25, 0.3) is 0 Å². The predicted molar refractivity (Wildman–Crippen MR) is 124 cm³/mol. The SMILES string of the molecule is CC(=O)NC(=O)C1=C(O)[C@@]2(O)C(OC(C)=O)=C3C(=O)c4c(O)ccc(N(C)C)c4C[C@H]3C[C@H]2CC1=O. The first-order valence-electron chi connectivity index (χ1n) is 11.3. The summed E-state index contributed by atoms with van der Waals surface area (Å²) >= 11 is 0. The summed E-state index contributed by atoms with van der Waals surface area (Å²) in [6.07, 6.45) is -0.134. The van der Waals surface area contributed by atoms with Crippen molar-refractivity contribution in [3.05, 3.63) is 45.9 Å². The average Bonchev–Trinajstić information content (AvgIpc) is 2.74. The van der Waals surface area contributed by atoms with Crippen molar-refractivity contribution in [1.82, 2.24) is 5.32 Å². The zero-order chi connectivity index (χ0) is 26.7. The summed E-state index contributed by atoms with van der Waals surface area (Å²) in [5, 5.41) is 35.3. The minimum Gasteiger partial charge on any atom is -0.508 e. The summed E-state index contributed by atoms with van der Waals surface area (Å²) in [6.45, 7) is 2.07. The number of Topliss-reactive ketones (excluding diaryl/α,β-unsaturated/α-hetero) is 2. The fourth-order valence-electron chi connectivity index (χ4n) is 5.48. The first kappa shape index (κ1) is 25.1. The van der Waals surface area contributed by atoms with E-state index < -0.39 is 70.3 Å². The van der Waals surface area contributed by atoms with Crippen molar-refractivity contribution in [1.29, 1.82) is 0 Å². The molecule has 0 saturated carbocycles. The quantitative estimate of drug-likeness (QED) is 0.346. The topological polar surface area (TPSA) is 171 Å². The highest BCUT2D eigenvalue weighted by Gasteiger charge is 2.59. The lowest BCUT2D eigenvalue weighted by Gasteiger charge is -2.47. The molecule has 0 fully saturated rings. The molecule has 0 radical (unpaired) electrons. The van der Waals surface area contributed by atoms with Gasteiger partial charge in [0.1, 0.15) is 17.1 Å². The van der Waals surface area contributed by atoms with Crippen molar-refractivity contribution in [2.75, 3.05) is 19.0 Å². The Morgan fingerprint density at radius 3 is 2.36 bits per heavy atom. The largest absolute Gasteiger partial charge is 0.508 e. The Morgan fingerprint density at radius 2 is 1.78 bits per heavy atom. The number of imide groups is 1. The Labute approximate surface area is 206 Å². The van der Waals surface area contributed by atoms with Gasteiger partial charge in [0.25, 0.3) is 5.91 Å². The number of nitrogens with zero attached hydrogens (tertiary/aromatic N) is 1. The van der Waals surface area contributed by atoms with Crippen LogP contribution in [0.5, 0.6) is 5.75 Å². The summed E-state index contributed by atoms with van der Waals surface area (Å²) < 4.78 is 5.32. The summed E-state index contributed by atoms with van der Waals surface area (Å²) in [5.74, 6) is -8.07. The van der Waals surface area contributed by atoms with Crippen LogP contribution in [0.4, 0.5) is 5.69 Å². The summed E-state index contributed by atoms with van der Waals surface area (Å²) in [5.41, 5.74) is -2.31. The maximum Gasteiger partial charge on any atom is 0.307 e. The number of carbonyl (C=O) groups is 5. The number of fused-ring (bicyclic) bond motifs is 3. The number of esters is 1. The third-order valence-electron chi connectivity index (χ3n) is 6.90. The molecule has 11 heteroatoms. The minimum atomic E-state index is -2.56. The molecule has 190 valence electrons. The normalized spacial score (nSPS) is 25.0. The van der Waals surface area contributed by atoms with E-state index in [1.54, 1.807) is 25.1 Å². The summed E-state index contributed by atoms with van der Waals surface area (Å²) in [4.78, 5) is 64.3. The van der Waals surface area contributed by atoms with Crippen molar-refractivity contribution < 1.29 is 44.0 Å². The lowest BCUT2D eigenvalue weighted by atomic mass is 9.60. The lowest BCUT2D eigenvalue weighted by molar-refractivity contribution is -0.145. The van der Waals surface area contributed by atoms with Gasteiger partial charge in [-0.25, -0.2) is 0 Å². The second-order valence-electron chi connectivity index (χ2n) is 9.48. The molecule has 0 saturated heterocycles. The molecule has 0 aromatic heterocycles. The highest BCUT2D eigenvalue weighted by Crippen LogP contribution is 2.54. The molecule has 0 heterocycles. The third kappa shape index (κ3) is 3.67. The van der Waals surface area contributed by atoms with Gasteiger partial charge >= 0.3 is 5.97 Å². The molecule has 1 aromatic rings. The van der Waals surface area contributed by atoms with Gasteiger partial charge in [0, 0.05) is 51.5 Å². The number of aliphatic hydroxyl groups is 2. The number of phenols is 1. The molecule has 3 atom stereocenters. The number of anilines is 1. The molecule has 11 nitrogen and oxygen atoms in total. The van der Waals surface area contributed by atoms with Gasteiger partial charge < -0.3 is 25.0 Å². The van der Waals surface area contributed by atoms with Crippen molar-refractivity contribution in [3.63, 3.8) is 0 Å². The number of phenolic OH excluding ortho intramolecular Hbond substituents is 1. The molecule has 0 bridgehead atoms. The number of hydrogen-bond donors (Lipinski definition) is 4. The Kier molecular flexibility index (Phi) is 5.99. The number of amides is 2. The smallest absolute Gasteiger partial charge is 0.307 e. The molecule has 1 aromatic carbocycles. The Bertz CT molecular complexity index is 1310. The molecule has 4 rings (SSSR count). The zero-order valence-corrected chi connectivity index (χ0v) is 20.2. The van der Waals surface area contributed by atoms with Crippen molar-refractivity contribution in [2.24, 2.45) is 11.8 Å². The van der Waals surface area contributed by atoms with Gasteiger partial charge in [0.2, 0.25) is 5.91 Å². The van der Waals surface area contributed by atoms with E-state index in [4.69, 9.17) is 4.74 Å². The monoisotopic (exact) mass is 498 g/mol. The lowest BCUT2D eigenvalue weighted by Crippen LogP contribution is -2.55. The van der Waals surface area contributed by atoms with Gasteiger partial charge in [-0.1, -0.05) is 0 Å². The molecule has 0 aliphatic heterocycles. The molecule has 3 aliphatic rings. The number of ketones is 2. The van der Waals surface area contributed by atoms with Gasteiger partial charge in [-0.05, 0) is 36.5 Å². The molecular weight excluding hydrogens is 472 g/mol. The van der Waals surface area contributed by atoms with Crippen LogP contribution >= 0.6 is 0 Å². The van der Waals surface area contributed by atoms with Gasteiger partial charge in [-0.2, -0.15) is 0 Å². The standard InChI is InChI=1S/C25H26N2O9/c1-10(28)26-24(34)20-17(31)9-13-7-12-8-14-15(27(3)4)5-6-16(30)19(14)21(32)18(12)23(36-11(2)29)25(13,35)22(20)33/h5-6,12-13,30,33,35H,7-9H2,1-4H3,(H,26,28,34)/t12-,13+,25-/m1/s1. The molecule has 2 amide bonds. The number of aliphatic hydroxyl groups excluding tert-OH is 1. The van der Waals surface area contributed by atoms with E-state index in [-0.39, 0.29) is 29.7 Å². The molecule has 36 heavy (non-hydrogen) atoms. The highest BCUT2D eigenvalue weighted by atomic mass is 16.6. The zero-order valence-electron chi connectivity index (χ0n) is 20.2. The van der Waals surface area contributed by atoms with E-state index in [0.29, 0.717) is 11.3 Å². The third-order valence-corrected chi connectivity index (χ3v) is 6.90. The van der Waals surface area contributed by atoms with Crippen LogP contribution in [0.2, 0.25) is 0 Å². The Hall–Kier alpha value is -3.99. The minimum absolute atomic E-state index is 0.0240. The van der Waals surface area contributed by atoms with E-state index in [1.807, 2.05) is 5.32 Å². The Morgan fingerprint density at radius 1 is 1.11 bits per heavy atom. The van der Waals surface area contributed by atoms with Gasteiger partial charge in [0.15, 0.2) is 22.9 Å². The van der Waals surface area contributed by atoms with Crippen LogP contribution in [-0.4, -0.2) is 64.4 Å². The first-order valence-corrected chi connectivity index (χ1v) is 11.3. The number of ether oxygens (including phenoxy) is 1. The van der Waals surface area contributed by atoms with Crippen LogP contribution in [-0.2, 0) is 30.3 Å². The van der Waals surface area contributed by atoms with E-state index >= 15 is 0 Å². The number of aromatic hydroxyl groups is 1. The number of benzene rings is 1.